The molecule has 0 unspecified atom stereocenters. The lowest BCUT2D eigenvalue weighted by molar-refractivity contribution is 0.299. The van der Waals surface area contributed by atoms with E-state index in [1.165, 1.54) is 27.8 Å². The van der Waals surface area contributed by atoms with Gasteiger partial charge in [0.2, 0.25) is 0 Å². The number of hydrogen-bond acceptors (Lipinski definition) is 3. The molecule has 0 atom stereocenters. The fourth-order valence-electron chi connectivity index (χ4n) is 3.96. The first kappa shape index (κ1) is 19.3. The second kappa shape index (κ2) is 8.97. The van der Waals surface area contributed by atoms with Gasteiger partial charge in [0.15, 0.2) is 0 Å². The van der Waals surface area contributed by atoms with Crippen LogP contribution in [0.2, 0.25) is 0 Å². The molecule has 0 aromatic heterocycles. The molecule has 0 aliphatic carbocycles. The normalized spacial score (nSPS) is 14.7. The minimum absolute atomic E-state index is 0.896. The molecule has 1 heterocycles. The third kappa shape index (κ3) is 4.52. The van der Waals surface area contributed by atoms with Crippen molar-refractivity contribution in [3.05, 3.63) is 95.6 Å². The molecule has 0 saturated heterocycles. The predicted molar refractivity (Wildman–Crippen MR) is 119 cm³/mol. The average Bonchev–Trinajstić information content (AvgIpc) is 2.80. The molecule has 1 aliphatic heterocycles. The average molecular weight is 386 g/mol. The van der Waals surface area contributed by atoms with Crippen molar-refractivity contribution in [2.75, 3.05) is 27.3 Å². The van der Waals surface area contributed by atoms with Crippen LogP contribution in [-0.4, -0.2) is 32.2 Å². The molecule has 0 spiro atoms. The van der Waals surface area contributed by atoms with Crippen molar-refractivity contribution in [1.82, 2.24) is 4.90 Å². The summed E-state index contributed by atoms with van der Waals surface area (Å²) in [5.74, 6) is 1.80. The minimum Gasteiger partial charge on any atom is -0.497 e. The smallest absolute Gasteiger partial charge is 0.118 e. The zero-order valence-corrected chi connectivity index (χ0v) is 17.1. The molecule has 0 saturated carbocycles. The van der Waals surface area contributed by atoms with Crippen LogP contribution in [0.3, 0.4) is 0 Å². The Morgan fingerprint density at radius 2 is 1.28 bits per heavy atom. The summed E-state index contributed by atoms with van der Waals surface area (Å²) in [5, 5.41) is 0. The Balaban J connectivity index is 1.62. The highest BCUT2D eigenvalue weighted by atomic mass is 16.5. The number of ether oxygens (including phenoxy) is 2. The fraction of sp³-hybridized carbons (Fsp3) is 0.231. The van der Waals surface area contributed by atoms with Crippen LogP contribution in [0.4, 0.5) is 0 Å². The van der Waals surface area contributed by atoms with Gasteiger partial charge in [0, 0.05) is 19.6 Å². The van der Waals surface area contributed by atoms with Crippen molar-refractivity contribution in [2.45, 2.75) is 13.0 Å². The Morgan fingerprint density at radius 3 is 1.90 bits per heavy atom. The van der Waals surface area contributed by atoms with Crippen molar-refractivity contribution in [3.63, 3.8) is 0 Å². The maximum atomic E-state index is 5.33. The van der Waals surface area contributed by atoms with Gasteiger partial charge >= 0.3 is 0 Å². The van der Waals surface area contributed by atoms with E-state index in [4.69, 9.17) is 9.47 Å². The number of nitrogens with zero attached hydrogens (tertiary/aromatic N) is 1. The van der Waals surface area contributed by atoms with Gasteiger partial charge in [0.05, 0.1) is 14.2 Å². The minimum atomic E-state index is 0.896. The summed E-state index contributed by atoms with van der Waals surface area (Å²) >= 11 is 0. The van der Waals surface area contributed by atoms with E-state index in [9.17, 15) is 0 Å². The Morgan fingerprint density at radius 1 is 0.690 bits per heavy atom. The van der Waals surface area contributed by atoms with E-state index in [1.54, 1.807) is 14.2 Å². The maximum Gasteiger partial charge on any atom is 0.118 e. The molecule has 3 aromatic carbocycles. The molecule has 0 fully saturated rings. The number of methoxy groups -OCH3 is 2. The Kier molecular flexibility index (Phi) is 5.97. The van der Waals surface area contributed by atoms with Crippen molar-refractivity contribution >= 4 is 11.1 Å². The van der Waals surface area contributed by atoms with Crippen molar-refractivity contribution in [2.24, 2.45) is 0 Å². The van der Waals surface area contributed by atoms with Gasteiger partial charge in [-0.05, 0) is 58.5 Å². The Bertz CT molecular complexity index is 960. The van der Waals surface area contributed by atoms with E-state index in [-0.39, 0.29) is 0 Å². The summed E-state index contributed by atoms with van der Waals surface area (Å²) in [5.41, 5.74) is 6.75. The monoisotopic (exact) mass is 385 g/mol. The SMILES string of the molecule is COc1ccc(CN2CCC(c3ccc(OC)cc3)=C(c3ccccc3)C2)cc1. The Hall–Kier alpha value is -3.04. The molecule has 3 aromatic rings. The lowest BCUT2D eigenvalue weighted by Gasteiger charge is -2.31. The van der Waals surface area contributed by atoms with E-state index in [0.717, 1.165) is 37.6 Å². The van der Waals surface area contributed by atoms with Gasteiger partial charge in [-0.1, -0.05) is 54.6 Å². The molecule has 0 amide bonds. The van der Waals surface area contributed by atoms with Crippen LogP contribution >= 0.6 is 0 Å². The predicted octanol–water partition coefficient (Wildman–Crippen LogP) is 5.52. The van der Waals surface area contributed by atoms with Crippen LogP contribution in [0, 0.1) is 0 Å². The largest absolute Gasteiger partial charge is 0.497 e. The van der Waals surface area contributed by atoms with Gasteiger partial charge in [-0.25, -0.2) is 0 Å². The van der Waals surface area contributed by atoms with Crippen LogP contribution in [0.1, 0.15) is 23.1 Å². The van der Waals surface area contributed by atoms with Crippen molar-refractivity contribution in [3.8, 4) is 11.5 Å². The lowest BCUT2D eigenvalue weighted by atomic mass is 9.89. The zero-order chi connectivity index (χ0) is 20.1. The third-order valence-corrected chi connectivity index (χ3v) is 5.55. The zero-order valence-electron chi connectivity index (χ0n) is 17.1. The number of rotatable bonds is 6. The van der Waals surface area contributed by atoms with E-state index < -0.39 is 0 Å². The Labute approximate surface area is 173 Å². The highest BCUT2D eigenvalue weighted by molar-refractivity contribution is 5.92. The van der Waals surface area contributed by atoms with Crippen molar-refractivity contribution in [1.29, 1.82) is 0 Å². The maximum absolute atomic E-state index is 5.33. The molecular formula is C26H27NO2. The topological polar surface area (TPSA) is 21.7 Å². The summed E-state index contributed by atoms with van der Waals surface area (Å²) in [6, 6.07) is 27.6. The third-order valence-electron chi connectivity index (χ3n) is 5.55. The van der Waals surface area contributed by atoms with E-state index in [0.29, 0.717) is 0 Å². The van der Waals surface area contributed by atoms with Crippen LogP contribution in [0.25, 0.3) is 11.1 Å². The summed E-state index contributed by atoms with van der Waals surface area (Å²) in [6.45, 7) is 2.93. The van der Waals surface area contributed by atoms with Gasteiger partial charge in [0.1, 0.15) is 11.5 Å². The van der Waals surface area contributed by atoms with Crippen LogP contribution in [-0.2, 0) is 6.54 Å². The first-order chi connectivity index (χ1) is 14.3. The second-order valence-electron chi connectivity index (χ2n) is 7.36. The van der Waals surface area contributed by atoms with Gasteiger partial charge < -0.3 is 9.47 Å². The molecule has 0 bridgehead atoms. The number of hydrogen-bond donors (Lipinski definition) is 0. The summed E-state index contributed by atoms with van der Waals surface area (Å²) in [4.78, 5) is 2.52. The first-order valence-electron chi connectivity index (χ1n) is 10.0. The van der Waals surface area contributed by atoms with Gasteiger partial charge in [-0.2, -0.15) is 0 Å². The number of benzene rings is 3. The second-order valence-corrected chi connectivity index (χ2v) is 7.36. The fourth-order valence-corrected chi connectivity index (χ4v) is 3.96. The van der Waals surface area contributed by atoms with Gasteiger partial charge in [-0.15, -0.1) is 0 Å². The van der Waals surface area contributed by atoms with Gasteiger partial charge in [0.25, 0.3) is 0 Å². The summed E-state index contributed by atoms with van der Waals surface area (Å²) in [6.07, 6.45) is 1.03. The summed E-state index contributed by atoms with van der Waals surface area (Å²) < 4.78 is 10.6. The first-order valence-corrected chi connectivity index (χ1v) is 10.0. The van der Waals surface area contributed by atoms with Crippen LogP contribution in [0.15, 0.2) is 78.9 Å². The molecule has 0 N–H and O–H groups in total. The highest BCUT2D eigenvalue weighted by Crippen LogP contribution is 2.34. The lowest BCUT2D eigenvalue weighted by Crippen LogP contribution is -2.30. The molecule has 1 aliphatic rings. The molecule has 148 valence electrons. The van der Waals surface area contributed by atoms with E-state index in [1.807, 2.05) is 12.1 Å². The summed E-state index contributed by atoms with van der Waals surface area (Å²) in [7, 11) is 3.42. The molecule has 3 nitrogen and oxygen atoms in total. The highest BCUT2D eigenvalue weighted by Gasteiger charge is 2.21. The molecule has 29 heavy (non-hydrogen) atoms. The van der Waals surface area contributed by atoms with Crippen LogP contribution < -0.4 is 9.47 Å². The molecule has 4 rings (SSSR count). The van der Waals surface area contributed by atoms with Gasteiger partial charge in [-0.3, -0.25) is 4.90 Å². The molecular weight excluding hydrogens is 358 g/mol. The standard InChI is InChI=1S/C26H27NO2/c1-28-23-12-8-20(9-13-23)18-27-17-16-25(22-10-14-24(29-2)15-11-22)26(19-27)21-6-4-3-5-7-21/h3-15H,16-19H2,1-2H3. The quantitative estimate of drug-likeness (QED) is 0.558. The van der Waals surface area contributed by atoms with Crippen molar-refractivity contribution < 1.29 is 9.47 Å². The molecule has 3 heteroatoms. The van der Waals surface area contributed by atoms with E-state index in [2.05, 4.69) is 71.6 Å². The molecule has 0 radical (unpaired) electrons. The van der Waals surface area contributed by atoms with Crippen LogP contribution in [0.5, 0.6) is 11.5 Å². The van der Waals surface area contributed by atoms with E-state index >= 15 is 0 Å².